The molecule has 4 aromatic carbocycles. The van der Waals surface area contributed by atoms with Crippen LogP contribution in [-0.2, 0) is 0 Å². The smallest absolute Gasteiger partial charge is 0.118 e. The maximum atomic E-state index is 5.45. The van der Waals surface area contributed by atoms with Crippen LogP contribution in [0, 0.1) is 0 Å². The monoisotopic (exact) mass is 560 g/mol. The Morgan fingerprint density at radius 2 is 0.905 bits per heavy atom. The Kier molecular flexibility index (Phi) is 10.9. The molecule has 0 saturated heterocycles. The second kappa shape index (κ2) is 15.0. The summed E-state index contributed by atoms with van der Waals surface area (Å²) in [6.07, 6.45) is 4.58. The van der Waals surface area contributed by atoms with Crippen LogP contribution in [-0.4, -0.2) is 40.4 Å². The number of rotatable bonds is 13. The van der Waals surface area contributed by atoms with Crippen molar-refractivity contribution < 1.29 is 9.47 Å². The van der Waals surface area contributed by atoms with Crippen molar-refractivity contribution in [1.29, 1.82) is 0 Å². The highest BCUT2D eigenvalue weighted by Gasteiger charge is 2.11. The molecule has 0 aliphatic rings. The van der Waals surface area contributed by atoms with E-state index in [4.69, 9.17) is 9.47 Å². The number of hydrogen-bond acceptors (Lipinski definition) is 4. The molecular formula is C38H44N2O2. The molecular weight excluding hydrogens is 516 g/mol. The molecule has 0 atom stereocenters. The average molecular weight is 561 g/mol. The zero-order chi connectivity index (χ0) is 29.9. The van der Waals surface area contributed by atoms with Gasteiger partial charge in [-0.05, 0) is 122 Å². The third-order valence-corrected chi connectivity index (χ3v) is 7.77. The number of benzene rings is 4. The molecule has 0 bridgehead atoms. The van der Waals surface area contributed by atoms with Gasteiger partial charge in [-0.15, -0.1) is 0 Å². The highest BCUT2D eigenvalue weighted by Crippen LogP contribution is 2.32. The molecule has 0 aliphatic heterocycles. The summed E-state index contributed by atoms with van der Waals surface area (Å²) >= 11 is 0. The lowest BCUT2D eigenvalue weighted by Gasteiger charge is -2.21. The van der Waals surface area contributed by atoms with Crippen molar-refractivity contribution in [2.24, 2.45) is 0 Å². The zero-order valence-electron chi connectivity index (χ0n) is 25.9. The molecule has 42 heavy (non-hydrogen) atoms. The number of nitrogens with zero attached hydrogens (tertiary/aromatic N) is 2. The number of anilines is 2. The van der Waals surface area contributed by atoms with E-state index in [2.05, 4.69) is 122 Å². The van der Waals surface area contributed by atoms with Gasteiger partial charge in [-0.25, -0.2) is 0 Å². The Balaban J connectivity index is 1.87. The molecule has 4 nitrogen and oxygen atoms in total. The quantitative estimate of drug-likeness (QED) is 0.120. The highest BCUT2D eigenvalue weighted by molar-refractivity contribution is 5.96. The second-order valence-electron chi connectivity index (χ2n) is 10.1. The van der Waals surface area contributed by atoms with Crippen molar-refractivity contribution in [2.45, 2.75) is 27.7 Å². The Bertz CT molecular complexity index is 1390. The van der Waals surface area contributed by atoms with Gasteiger partial charge in [0.15, 0.2) is 0 Å². The highest BCUT2D eigenvalue weighted by atomic mass is 16.5. The molecule has 0 unspecified atom stereocenters. The van der Waals surface area contributed by atoms with Crippen LogP contribution in [0.25, 0.3) is 17.2 Å². The van der Waals surface area contributed by atoms with Gasteiger partial charge in [0.1, 0.15) is 11.5 Å². The summed E-state index contributed by atoms with van der Waals surface area (Å²) in [5.74, 6) is 1.67. The van der Waals surface area contributed by atoms with Gasteiger partial charge in [0.05, 0.1) is 14.2 Å². The fourth-order valence-corrected chi connectivity index (χ4v) is 5.24. The first-order chi connectivity index (χ1) is 20.5. The summed E-state index contributed by atoms with van der Waals surface area (Å²) < 4.78 is 10.9. The van der Waals surface area contributed by atoms with E-state index in [0.29, 0.717) is 0 Å². The molecule has 0 aromatic heterocycles. The zero-order valence-corrected chi connectivity index (χ0v) is 25.9. The molecule has 0 amide bonds. The topological polar surface area (TPSA) is 24.9 Å². The molecule has 4 heteroatoms. The SMILES string of the molecule is CCN(CC)c1ccc(C=C(C=C(c2ccc(OC)cc2)c2ccc(OC)cc2)c2ccc(N(CC)CC)cc2)cc1. The Labute approximate surface area is 252 Å². The van der Waals surface area contributed by atoms with Crippen LogP contribution in [0.1, 0.15) is 49.9 Å². The minimum absolute atomic E-state index is 0.837. The van der Waals surface area contributed by atoms with E-state index in [-0.39, 0.29) is 0 Å². The van der Waals surface area contributed by atoms with Crippen LogP contribution < -0.4 is 19.3 Å². The van der Waals surface area contributed by atoms with Crippen molar-refractivity contribution in [3.63, 3.8) is 0 Å². The molecule has 4 aromatic rings. The summed E-state index contributed by atoms with van der Waals surface area (Å²) in [7, 11) is 3.40. The van der Waals surface area contributed by atoms with E-state index in [1.165, 1.54) is 16.9 Å². The minimum Gasteiger partial charge on any atom is -0.497 e. The average Bonchev–Trinajstić information content (AvgIpc) is 3.05. The normalized spacial score (nSPS) is 11.1. The minimum atomic E-state index is 0.837. The van der Waals surface area contributed by atoms with Crippen molar-refractivity contribution in [3.8, 4) is 11.5 Å². The van der Waals surface area contributed by atoms with Crippen LogP contribution in [0.2, 0.25) is 0 Å². The molecule has 0 spiro atoms. The maximum absolute atomic E-state index is 5.45. The van der Waals surface area contributed by atoms with Crippen molar-refractivity contribution in [2.75, 3.05) is 50.2 Å². The summed E-state index contributed by atoms with van der Waals surface area (Å²) in [6, 6.07) is 34.3. The Morgan fingerprint density at radius 3 is 1.29 bits per heavy atom. The van der Waals surface area contributed by atoms with Gasteiger partial charge in [0.25, 0.3) is 0 Å². The van der Waals surface area contributed by atoms with Crippen LogP contribution >= 0.6 is 0 Å². The summed E-state index contributed by atoms with van der Waals surface area (Å²) in [5, 5.41) is 0. The largest absolute Gasteiger partial charge is 0.497 e. The van der Waals surface area contributed by atoms with Gasteiger partial charge in [0, 0.05) is 37.6 Å². The van der Waals surface area contributed by atoms with E-state index in [9.17, 15) is 0 Å². The first kappa shape index (κ1) is 30.5. The van der Waals surface area contributed by atoms with E-state index >= 15 is 0 Å². The van der Waals surface area contributed by atoms with Crippen molar-refractivity contribution in [1.82, 2.24) is 0 Å². The lowest BCUT2D eigenvalue weighted by molar-refractivity contribution is 0.414. The number of hydrogen-bond donors (Lipinski definition) is 0. The summed E-state index contributed by atoms with van der Waals surface area (Å²) in [6.45, 7) is 12.7. The first-order valence-electron chi connectivity index (χ1n) is 15.0. The molecule has 0 radical (unpaired) electrons. The fourth-order valence-electron chi connectivity index (χ4n) is 5.24. The summed E-state index contributed by atoms with van der Waals surface area (Å²) in [4.78, 5) is 4.74. The first-order valence-corrected chi connectivity index (χ1v) is 15.0. The molecule has 0 fully saturated rings. The molecule has 4 rings (SSSR count). The van der Waals surface area contributed by atoms with Crippen LogP contribution in [0.5, 0.6) is 11.5 Å². The van der Waals surface area contributed by atoms with Gasteiger partial charge in [-0.3, -0.25) is 0 Å². The fraction of sp³-hybridized carbons (Fsp3) is 0.263. The third kappa shape index (κ3) is 7.44. The Hall–Kier alpha value is -4.44. The van der Waals surface area contributed by atoms with Crippen molar-refractivity contribution >= 4 is 28.6 Å². The second-order valence-corrected chi connectivity index (χ2v) is 10.1. The van der Waals surface area contributed by atoms with Crippen LogP contribution in [0.4, 0.5) is 11.4 Å². The number of allylic oxidation sites excluding steroid dienone is 2. The van der Waals surface area contributed by atoms with Gasteiger partial charge < -0.3 is 19.3 Å². The van der Waals surface area contributed by atoms with E-state index in [1.807, 2.05) is 24.3 Å². The summed E-state index contributed by atoms with van der Waals surface area (Å²) in [5.41, 5.74) is 9.30. The van der Waals surface area contributed by atoms with Gasteiger partial charge in [-0.1, -0.05) is 48.5 Å². The van der Waals surface area contributed by atoms with E-state index < -0.39 is 0 Å². The molecule has 0 aliphatic carbocycles. The molecule has 0 saturated carbocycles. The molecule has 0 N–H and O–H groups in total. The molecule has 0 heterocycles. The molecule has 218 valence electrons. The number of ether oxygens (including phenoxy) is 2. The maximum Gasteiger partial charge on any atom is 0.118 e. The standard InChI is InChI=1S/C38H44N2O2/c1-7-39(8-2)34-19-11-29(12-20-34)27-33(30-13-21-35(22-14-30)40(9-3)10-4)28-38(31-15-23-36(41-5)24-16-31)32-17-25-37(42-6)26-18-32/h11-28H,7-10H2,1-6H3. The van der Waals surface area contributed by atoms with Gasteiger partial charge >= 0.3 is 0 Å². The van der Waals surface area contributed by atoms with E-state index in [0.717, 1.165) is 65.5 Å². The predicted molar refractivity (Wildman–Crippen MR) is 181 cm³/mol. The van der Waals surface area contributed by atoms with Gasteiger partial charge in [-0.2, -0.15) is 0 Å². The van der Waals surface area contributed by atoms with Gasteiger partial charge in [0.2, 0.25) is 0 Å². The lowest BCUT2D eigenvalue weighted by atomic mass is 9.92. The van der Waals surface area contributed by atoms with Crippen LogP contribution in [0.15, 0.2) is 103 Å². The lowest BCUT2D eigenvalue weighted by Crippen LogP contribution is -2.21. The Morgan fingerprint density at radius 1 is 0.524 bits per heavy atom. The predicted octanol–water partition coefficient (Wildman–Crippen LogP) is 9.07. The van der Waals surface area contributed by atoms with E-state index in [1.54, 1.807) is 14.2 Å². The van der Waals surface area contributed by atoms with Crippen LogP contribution in [0.3, 0.4) is 0 Å². The number of methoxy groups -OCH3 is 2. The van der Waals surface area contributed by atoms with Crippen molar-refractivity contribution in [3.05, 3.63) is 125 Å². The third-order valence-electron chi connectivity index (χ3n) is 7.77.